The molecule has 2 rings (SSSR count). The Morgan fingerprint density at radius 1 is 1.26 bits per heavy atom. The van der Waals surface area contributed by atoms with E-state index in [1.807, 2.05) is 31.2 Å². The number of methoxy groups -OCH3 is 1. The van der Waals surface area contributed by atoms with Crippen LogP contribution >= 0.6 is 0 Å². The van der Waals surface area contributed by atoms with Gasteiger partial charge in [-0.2, -0.15) is 0 Å². The Kier molecular flexibility index (Phi) is 8.72. The largest absolute Gasteiger partial charge is 0.493 e. The van der Waals surface area contributed by atoms with Crippen molar-refractivity contribution in [3.05, 3.63) is 24.3 Å². The van der Waals surface area contributed by atoms with Gasteiger partial charge in [-0.05, 0) is 45.5 Å². The number of para-hydroxylation sites is 2. The lowest BCUT2D eigenvalue weighted by Crippen LogP contribution is -2.43. The highest BCUT2D eigenvalue weighted by molar-refractivity contribution is 5.80. The third kappa shape index (κ3) is 6.03. The van der Waals surface area contributed by atoms with Gasteiger partial charge in [0.1, 0.15) is 6.10 Å². The maximum absolute atomic E-state index is 6.04. The van der Waals surface area contributed by atoms with Crippen molar-refractivity contribution in [3.8, 4) is 11.5 Å². The molecule has 6 heteroatoms. The lowest BCUT2D eigenvalue weighted by molar-refractivity contribution is 0.217. The van der Waals surface area contributed by atoms with Crippen molar-refractivity contribution in [2.24, 2.45) is 4.99 Å². The highest BCUT2D eigenvalue weighted by Crippen LogP contribution is 2.26. The lowest BCUT2D eigenvalue weighted by Gasteiger charge is -2.27. The molecule has 1 saturated heterocycles. The van der Waals surface area contributed by atoms with E-state index in [-0.39, 0.29) is 6.10 Å². The van der Waals surface area contributed by atoms with Crippen molar-refractivity contribution in [1.29, 1.82) is 0 Å². The van der Waals surface area contributed by atoms with Crippen molar-refractivity contribution < 1.29 is 9.47 Å². The van der Waals surface area contributed by atoms with Gasteiger partial charge in [-0.1, -0.05) is 26.0 Å². The number of nitrogens with one attached hydrogen (secondary N) is 1. The van der Waals surface area contributed by atoms with Crippen LogP contribution in [0.4, 0.5) is 0 Å². The number of nitrogens with zero attached hydrogens (tertiary/aromatic N) is 3. The molecule has 1 aliphatic rings. The molecule has 0 aliphatic carbocycles. The number of rotatable bonds is 9. The standard InChI is InChI=1S/C21H36N4O2/c1-6-22-21(25-14-13-18(16-25)24(7-2)8-3)23-15-17(4)27-20-12-10-9-11-19(20)26-5/h9-12,17-18H,6-8,13-16H2,1-5H3,(H,22,23). The Hall–Kier alpha value is -1.95. The fourth-order valence-electron chi connectivity index (χ4n) is 3.58. The van der Waals surface area contributed by atoms with E-state index in [9.17, 15) is 0 Å². The minimum atomic E-state index is -0.0314. The van der Waals surface area contributed by atoms with E-state index in [1.54, 1.807) is 7.11 Å². The number of aliphatic imine (C=N–C) groups is 1. The number of hydrogen-bond donors (Lipinski definition) is 1. The number of ether oxygens (including phenoxy) is 2. The summed E-state index contributed by atoms with van der Waals surface area (Å²) < 4.78 is 11.4. The van der Waals surface area contributed by atoms with Gasteiger partial charge in [0, 0.05) is 25.7 Å². The van der Waals surface area contributed by atoms with Crippen LogP contribution in [0.2, 0.25) is 0 Å². The van der Waals surface area contributed by atoms with Crippen molar-refractivity contribution in [2.75, 3.05) is 46.4 Å². The van der Waals surface area contributed by atoms with E-state index in [2.05, 4.69) is 35.9 Å². The molecule has 6 nitrogen and oxygen atoms in total. The number of guanidine groups is 1. The fourth-order valence-corrected chi connectivity index (χ4v) is 3.58. The second-order valence-corrected chi connectivity index (χ2v) is 6.88. The molecular weight excluding hydrogens is 340 g/mol. The molecule has 1 fully saturated rings. The molecule has 2 unspecified atom stereocenters. The molecule has 27 heavy (non-hydrogen) atoms. The Bertz CT molecular complexity index is 589. The molecule has 152 valence electrons. The van der Waals surface area contributed by atoms with Crippen molar-refractivity contribution >= 4 is 5.96 Å². The quantitative estimate of drug-likeness (QED) is 0.530. The summed E-state index contributed by atoms with van der Waals surface area (Å²) in [6, 6.07) is 8.35. The predicted octanol–water partition coefficient (Wildman–Crippen LogP) is 2.84. The van der Waals surface area contributed by atoms with E-state index in [0.717, 1.165) is 50.2 Å². The fraction of sp³-hybridized carbons (Fsp3) is 0.667. The molecule has 0 saturated carbocycles. The van der Waals surface area contributed by atoms with Crippen molar-refractivity contribution in [3.63, 3.8) is 0 Å². The van der Waals surface area contributed by atoms with E-state index >= 15 is 0 Å². The van der Waals surface area contributed by atoms with Crippen LogP contribution < -0.4 is 14.8 Å². The summed E-state index contributed by atoms with van der Waals surface area (Å²) in [4.78, 5) is 9.76. The van der Waals surface area contributed by atoms with Gasteiger partial charge in [0.15, 0.2) is 17.5 Å². The number of hydrogen-bond acceptors (Lipinski definition) is 4. The average Bonchev–Trinajstić information content (AvgIpc) is 3.16. The summed E-state index contributed by atoms with van der Waals surface area (Å²) in [6.07, 6.45) is 1.16. The summed E-state index contributed by atoms with van der Waals surface area (Å²) in [5, 5.41) is 3.44. The molecular formula is C21H36N4O2. The summed E-state index contributed by atoms with van der Waals surface area (Å²) in [7, 11) is 1.66. The molecule has 1 aromatic carbocycles. The van der Waals surface area contributed by atoms with Gasteiger partial charge in [-0.3, -0.25) is 4.90 Å². The first-order valence-electron chi connectivity index (χ1n) is 10.2. The van der Waals surface area contributed by atoms with E-state index in [4.69, 9.17) is 14.5 Å². The molecule has 0 amide bonds. The van der Waals surface area contributed by atoms with E-state index in [0.29, 0.717) is 12.6 Å². The van der Waals surface area contributed by atoms with E-state index in [1.165, 1.54) is 6.42 Å². The topological polar surface area (TPSA) is 49.3 Å². The number of benzene rings is 1. The number of likely N-dealkylation sites (tertiary alicyclic amines) is 1. The molecule has 0 spiro atoms. The first-order chi connectivity index (χ1) is 13.1. The molecule has 0 radical (unpaired) electrons. The van der Waals surface area contributed by atoms with Gasteiger partial charge < -0.3 is 19.7 Å². The van der Waals surface area contributed by atoms with Gasteiger partial charge in [-0.15, -0.1) is 0 Å². The Labute approximate surface area is 164 Å². The second-order valence-electron chi connectivity index (χ2n) is 6.88. The third-order valence-electron chi connectivity index (χ3n) is 5.02. The van der Waals surface area contributed by atoms with Crippen LogP contribution in [0.5, 0.6) is 11.5 Å². The Morgan fingerprint density at radius 2 is 1.96 bits per heavy atom. The maximum atomic E-state index is 6.04. The summed E-state index contributed by atoms with van der Waals surface area (Å²) in [5.74, 6) is 2.50. The third-order valence-corrected chi connectivity index (χ3v) is 5.02. The van der Waals surface area contributed by atoms with Crippen LogP contribution in [0.3, 0.4) is 0 Å². The molecule has 0 bridgehead atoms. The van der Waals surface area contributed by atoms with E-state index < -0.39 is 0 Å². The predicted molar refractivity (Wildman–Crippen MR) is 112 cm³/mol. The summed E-state index contributed by atoms with van der Waals surface area (Å²) in [5.41, 5.74) is 0. The lowest BCUT2D eigenvalue weighted by atomic mass is 10.2. The molecule has 1 aromatic rings. The Morgan fingerprint density at radius 3 is 2.59 bits per heavy atom. The smallest absolute Gasteiger partial charge is 0.194 e. The molecule has 0 aromatic heterocycles. The normalized spacial score (nSPS) is 18.7. The minimum absolute atomic E-state index is 0.0314. The molecule has 1 N–H and O–H groups in total. The molecule has 2 atom stereocenters. The second kappa shape index (κ2) is 11.0. The summed E-state index contributed by atoms with van der Waals surface area (Å²) >= 11 is 0. The van der Waals surface area contributed by atoms with Crippen LogP contribution in [0, 0.1) is 0 Å². The minimum Gasteiger partial charge on any atom is -0.493 e. The zero-order chi connectivity index (χ0) is 19.6. The van der Waals surface area contributed by atoms with Gasteiger partial charge in [-0.25, -0.2) is 4.99 Å². The van der Waals surface area contributed by atoms with Gasteiger partial charge in [0.25, 0.3) is 0 Å². The Balaban J connectivity index is 1.96. The van der Waals surface area contributed by atoms with Crippen LogP contribution in [-0.4, -0.2) is 74.3 Å². The maximum Gasteiger partial charge on any atom is 0.194 e. The first-order valence-corrected chi connectivity index (χ1v) is 10.2. The highest BCUT2D eigenvalue weighted by atomic mass is 16.5. The van der Waals surface area contributed by atoms with Crippen LogP contribution in [0.25, 0.3) is 0 Å². The first kappa shape index (κ1) is 21.4. The van der Waals surface area contributed by atoms with Crippen LogP contribution in [0.15, 0.2) is 29.3 Å². The van der Waals surface area contributed by atoms with Crippen molar-refractivity contribution in [1.82, 2.24) is 15.1 Å². The molecule has 1 aliphatic heterocycles. The zero-order valence-electron chi connectivity index (χ0n) is 17.6. The van der Waals surface area contributed by atoms with Gasteiger partial charge in [0.2, 0.25) is 0 Å². The van der Waals surface area contributed by atoms with Crippen LogP contribution in [-0.2, 0) is 0 Å². The van der Waals surface area contributed by atoms with Crippen LogP contribution in [0.1, 0.15) is 34.1 Å². The van der Waals surface area contributed by atoms with Gasteiger partial charge in [0.05, 0.1) is 13.7 Å². The van der Waals surface area contributed by atoms with Crippen molar-refractivity contribution in [2.45, 2.75) is 46.3 Å². The summed E-state index contributed by atoms with van der Waals surface area (Å²) in [6.45, 7) is 14.4. The van der Waals surface area contributed by atoms with Gasteiger partial charge >= 0.3 is 0 Å². The highest BCUT2D eigenvalue weighted by Gasteiger charge is 2.28. The number of likely N-dealkylation sites (N-methyl/N-ethyl adjacent to an activating group) is 1. The average molecular weight is 377 g/mol. The monoisotopic (exact) mass is 376 g/mol. The zero-order valence-corrected chi connectivity index (χ0v) is 17.6. The molecule has 1 heterocycles. The SMILES string of the molecule is CCNC(=NCC(C)Oc1ccccc1OC)N1CCC(N(CC)CC)C1.